The molecule has 5 nitrogen and oxygen atoms in total. The number of benzene rings is 3. The third-order valence-corrected chi connectivity index (χ3v) is 7.26. The predicted molar refractivity (Wildman–Crippen MR) is 136 cm³/mol. The Balaban J connectivity index is 1.19. The van der Waals surface area contributed by atoms with Gasteiger partial charge in [-0.2, -0.15) is 5.26 Å². The zero-order valence-corrected chi connectivity index (χ0v) is 19.6. The first-order valence-electron chi connectivity index (χ1n) is 12.4. The Morgan fingerprint density at radius 2 is 1.34 bits per heavy atom. The van der Waals surface area contributed by atoms with Crippen LogP contribution in [-0.2, 0) is 0 Å². The number of hydrogen-bond acceptors (Lipinski definition) is 5. The second kappa shape index (κ2) is 9.40. The summed E-state index contributed by atoms with van der Waals surface area (Å²) in [5.74, 6) is 2.04. The van der Waals surface area contributed by atoms with Gasteiger partial charge in [0.05, 0.1) is 6.04 Å². The average molecular weight is 461 g/mol. The smallest absolute Gasteiger partial charge is 0.234 e. The highest BCUT2D eigenvalue weighted by atomic mass is 16.4. The van der Waals surface area contributed by atoms with E-state index in [-0.39, 0.29) is 12.0 Å². The van der Waals surface area contributed by atoms with Crippen molar-refractivity contribution in [2.45, 2.75) is 24.3 Å². The van der Waals surface area contributed by atoms with Crippen LogP contribution in [0.2, 0.25) is 0 Å². The topological polar surface area (TPSA) is 56.3 Å². The van der Waals surface area contributed by atoms with E-state index < -0.39 is 0 Å². The van der Waals surface area contributed by atoms with Crippen LogP contribution < -0.4 is 4.90 Å². The fourth-order valence-corrected chi connectivity index (χ4v) is 5.38. The van der Waals surface area contributed by atoms with Gasteiger partial charge in [-0.1, -0.05) is 91.0 Å². The highest BCUT2D eigenvalue weighted by Gasteiger charge is 2.44. The number of rotatable bonds is 6. The van der Waals surface area contributed by atoms with Gasteiger partial charge >= 0.3 is 0 Å². The van der Waals surface area contributed by atoms with Crippen molar-refractivity contribution in [3.05, 3.63) is 119 Å². The van der Waals surface area contributed by atoms with E-state index in [1.54, 1.807) is 0 Å². The molecule has 1 aliphatic heterocycles. The van der Waals surface area contributed by atoms with Gasteiger partial charge in [-0.25, -0.2) is 4.98 Å². The lowest BCUT2D eigenvalue weighted by molar-refractivity contribution is 0.209. The van der Waals surface area contributed by atoms with Gasteiger partial charge < -0.3 is 9.32 Å². The molecule has 0 N–H and O–H groups in total. The number of piperazine rings is 1. The largest absolute Gasteiger partial charge is 0.423 e. The van der Waals surface area contributed by atoms with Gasteiger partial charge in [-0.3, -0.25) is 4.90 Å². The van der Waals surface area contributed by atoms with Crippen LogP contribution in [-0.4, -0.2) is 36.1 Å². The van der Waals surface area contributed by atoms with Crippen molar-refractivity contribution in [3.63, 3.8) is 0 Å². The van der Waals surface area contributed by atoms with Gasteiger partial charge in [-0.05, 0) is 29.0 Å². The van der Waals surface area contributed by atoms with Crippen molar-refractivity contribution < 1.29 is 4.42 Å². The van der Waals surface area contributed by atoms with E-state index in [0.29, 0.717) is 23.4 Å². The lowest BCUT2D eigenvalue weighted by Gasteiger charge is -2.39. The molecule has 6 rings (SSSR count). The maximum absolute atomic E-state index is 9.78. The molecule has 4 aromatic rings. The van der Waals surface area contributed by atoms with E-state index in [1.165, 1.54) is 16.7 Å². The van der Waals surface area contributed by atoms with Crippen molar-refractivity contribution >= 4 is 5.88 Å². The van der Waals surface area contributed by atoms with Crippen molar-refractivity contribution in [1.29, 1.82) is 5.26 Å². The van der Waals surface area contributed by atoms with E-state index >= 15 is 0 Å². The molecule has 174 valence electrons. The molecule has 2 unspecified atom stereocenters. The predicted octanol–water partition coefficient (Wildman–Crippen LogP) is 5.73. The van der Waals surface area contributed by atoms with E-state index in [9.17, 15) is 5.26 Å². The average Bonchev–Trinajstić information content (AvgIpc) is 3.62. The molecule has 1 aliphatic carbocycles. The van der Waals surface area contributed by atoms with E-state index in [0.717, 1.165) is 32.6 Å². The highest BCUT2D eigenvalue weighted by molar-refractivity contribution is 5.49. The van der Waals surface area contributed by atoms with Crippen molar-refractivity contribution in [1.82, 2.24) is 9.88 Å². The molecule has 0 spiro atoms. The Kier molecular flexibility index (Phi) is 5.81. The summed E-state index contributed by atoms with van der Waals surface area (Å²) in [5.41, 5.74) is 4.33. The lowest BCUT2D eigenvalue weighted by Crippen LogP contribution is -2.48. The third kappa shape index (κ3) is 4.34. The molecule has 35 heavy (non-hydrogen) atoms. The number of aromatic nitrogens is 1. The minimum absolute atomic E-state index is 0.207. The van der Waals surface area contributed by atoms with E-state index in [1.807, 2.05) is 6.07 Å². The molecule has 2 fully saturated rings. The van der Waals surface area contributed by atoms with Crippen molar-refractivity contribution in [3.8, 4) is 6.07 Å². The standard InChI is InChI=1S/C30H28N4O/c31-21-27-30(35-29(32-27)26-20-25(26)22-10-4-1-5-11-22)34-18-16-33(17-19-34)28(23-12-6-2-7-13-23)24-14-8-3-9-15-24/h1-15,25-26,28H,16-20H2. The van der Waals surface area contributed by atoms with Crippen LogP contribution >= 0.6 is 0 Å². The number of hydrogen-bond donors (Lipinski definition) is 0. The van der Waals surface area contributed by atoms with Crippen LogP contribution in [0.5, 0.6) is 0 Å². The molecule has 1 aromatic heterocycles. The Bertz CT molecular complexity index is 1270. The summed E-state index contributed by atoms with van der Waals surface area (Å²) < 4.78 is 6.26. The molecule has 0 bridgehead atoms. The van der Waals surface area contributed by atoms with Gasteiger partial charge in [0.25, 0.3) is 0 Å². The summed E-state index contributed by atoms with van der Waals surface area (Å²) in [7, 11) is 0. The normalized spacial score (nSPS) is 20.1. The number of oxazole rings is 1. The summed E-state index contributed by atoms with van der Waals surface area (Å²) in [6, 6.07) is 34.4. The molecule has 2 heterocycles. The van der Waals surface area contributed by atoms with E-state index in [4.69, 9.17) is 4.42 Å². The van der Waals surface area contributed by atoms with Crippen LogP contribution in [0.1, 0.15) is 52.6 Å². The van der Waals surface area contributed by atoms with Gasteiger partial charge in [0.15, 0.2) is 0 Å². The van der Waals surface area contributed by atoms with Crippen LogP contribution in [0.4, 0.5) is 5.88 Å². The number of anilines is 1. The summed E-state index contributed by atoms with van der Waals surface area (Å²) in [6.07, 6.45) is 1.03. The third-order valence-electron chi connectivity index (χ3n) is 7.26. The maximum Gasteiger partial charge on any atom is 0.234 e. The second-order valence-corrected chi connectivity index (χ2v) is 9.42. The van der Waals surface area contributed by atoms with Gasteiger partial charge in [0.2, 0.25) is 17.5 Å². The first-order valence-corrected chi connectivity index (χ1v) is 12.4. The fourth-order valence-electron chi connectivity index (χ4n) is 5.38. The molecular weight excluding hydrogens is 432 g/mol. The summed E-state index contributed by atoms with van der Waals surface area (Å²) in [6.45, 7) is 3.36. The summed E-state index contributed by atoms with van der Waals surface area (Å²) in [5, 5.41) is 9.78. The molecule has 2 atom stereocenters. The van der Waals surface area contributed by atoms with Crippen LogP contribution in [0.3, 0.4) is 0 Å². The van der Waals surface area contributed by atoms with Crippen LogP contribution in [0.25, 0.3) is 0 Å². The molecule has 1 saturated heterocycles. The molecule has 1 saturated carbocycles. The van der Waals surface area contributed by atoms with Crippen molar-refractivity contribution in [2.24, 2.45) is 0 Å². The molecule has 5 heteroatoms. The Hall–Kier alpha value is -3.88. The highest BCUT2D eigenvalue weighted by Crippen LogP contribution is 2.54. The maximum atomic E-state index is 9.78. The minimum atomic E-state index is 0.207. The quantitative estimate of drug-likeness (QED) is 0.368. The minimum Gasteiger partial charge on any atom is -0.423 e. The summed E-state index contributed by atoms with van der Waals surface area (Å²) >= 11 is 0. The van der Waals surface area contributed by atoms with Crippen LogP contribution in [0.15, 0.2) is 95.4 Å². The lowest BCUT2D eigenvalue weighted by atomic mass is 9.96. The Morgan fingerprint density at radius 1 is 0.771 bits per heavy atom. The first-order chi connectivity index (χ1) is 17.3. The molecule has 0 radical (unpaired) electrons. The zero-order chi connectivity index (χ0) is 23.6. The van der Waals surface area contributed by atoms with Crippen LogP contribution in [0, 0.1) is 11.3 Å². The Labute approximate surface area is 206 Å². The molecule has 0 amide bonds. The fraction of sp³-hybridized carbons (Fsp3) is 0.267. The molecule has 2 aliphatic rings. The second-order valence-electron chi connectivity index (χ2n) is 9.42. The monoisotopic (exact) mass is 460 g/mol. The molecular formula is C30H28N4O. The number of nitrogens with zero attached hydrogens (tertiary/aromatic N) is 4. The molecule has 3 aromatic carbocycles. The van der Waals surface area contributed by atoms with E-state index in [2.05, 4.69) is 106 Å². The summed E-state index contributed by atoms with van der Waals surface area (Å²) in [4.78, 5) is 9.33. The zero-order valence-electron chi connectivity index (χ0n) is 19.6. The number of nitriles is 1. The van der Waals surface area contributed by atoms with Crippen molar-refractivity contribution in [2.75, 3.05) is 31.1 Å². The van der Waals surface area contributed by atoms with Gasteiger partial charge in [0.1, 0.15) is 6.07 Å². The van der Waals surface area contributed by atoms with Gasteiger partial charge in [0, 0.05) is 32.1 Å². The SMILES string of the molecule is N#Cc1nc(C2CC2c2ccccc2)oc1N1CCN(C(c2ccccc2)c2ccccc2)CC1. The Morgan fingerprint density at radius 3 is 1.91 bits per heavy atom. The first kappa shape index (κ1) is 21.6. The van der Waals surface area contributed by atoms with Gasteiger partial charge in [-0.15, -0.1) is 0 Å².